The lowest BCUT2D eigenvalue weighted by Crippen LogP contribution is -2.23. The van der Waals surface area contributed by atoms with Crippen molar-refractivity contribution >= 4 is 17.5 Å². The van der Waals surface area contributed by atoms with Gasteiger partial charge in [-0.3, -0.25) is 14.6 Å². The predicted molar refractivity (Wildman–Crippen MR) is 135 cm³/mol. The number of carbonyl (C=O) groups excluding carboxylic acids is 2. The van der Waals surface area contributed by atoms with Crippen molar-refractivity contribution in [3.8, 4) is 5.69 Å². The molecule has 0 unspecified atom stereocenters. The molecule has 1 aliphatic rings. The number of carbonyl (C=O) groups is 2. The van der Waals surface area contributed by atoms with E-state index in [1.54, 1.807) is 30.5 Å². The molecule has 1 aliphatic carbocycles. The first-order valence-corrected chi connectivity index (χ1v) is 11.9. The average Bonchev–Trinajstić information content (AvgIpc) is 3.09. The molecule has 2 N–H and O–H groups in total. The van der Waals surface area contributed by atoms with Crippen LogP contribution < -0.4 is 10.6 Å². The zero-order valence-electron chi connectivity index (χ0n) is 19.4. The standard InChI is InChI=1S/C28H27N5O2/c34-27(30-19-22-11-7-8-17-29-22)20-10-9-12-21(18-20)31-28(35)26-24-15-5-2-6-16-25(24)33(32-26)23-13-3-1-4-14-23/h1,3-4,7-14,17-18H,2,5-6,15-16,19H2,(H,30,34)(H,31,35). The minimum atomic E-state index is -0.260. The van der Waals surface area contributed by atoms with Crippen LogP contribution in [0.1, 0.15) is 57.1 Å². The highest BCUT2D eigenvalue weighted by atomic mass is 16.2. The smallest absolute Gasteiger partial charge is 0.276 e. The fraction of sp³-hybridized carbons (Fsp3) is 0.214. The van der Waals surface area contributed by atoms with Crippen molar-refractivity contribution in [2.45, 2.75) is 38.6 Å². The summed E-state index contributed by atoms with van der Waals surface area (Å²) in [5.41, 5.74) is 5.34. The normalized spacial score (nSPS) is 12.9. The maximum absolute atomic E-state index is 13.3. The zero-order chi connectivity index (χ0) is 24.0. The van der Waals surface area contributed by atoms with Crippen LogP contribution in [0, 0.1) is 0 Å². The molecule has 0 aliphatic heterocycles. The molecule has 0 fully saturated rings. The third kappa shape index (κ3) is 5.14. The Balaban J connectivity index is 1.35. The molecule has 0 atom stereocenters. The van der Waals surface area contributed by atoms with Gasteiger partial charge in [-0.15, -0.1) is 0 Å². The van der Waals surface area contributed by atoms with Crippen molar-refractivity contribution in [1.82, 2.24) is 20.1 Å². The molecule has 5 rings (SSSR count). The summed E-state index contributed by atoms with van der Waals surface area (Å²) in [7, 11) is 0. The number of amides is 2. The van der Waals surface area contributed by atoms with Crippen LogP contribution in [-0.4, -0.2) is 26.6 Å². The van der Waals surface area contributed by atoms with Gasteiger partial charge in [0.2, 0.25) is 0 Å². The van der Waals surface area contributed by atoms with Gasteiger partial charge in [0.15, 0.2) is 5.69 Å². The molecule has 176 valence electrons. The maximum Gasteiger partial charge on any atom is 0.276 e. The second-order valence-electron chi connectivity index (χ2n) is 8.62. The molecule has 0 radical (unpaired) electrons. The van der Waals surface area contributed by atoms with E-state index in [2.05, 4.69) is 15.6 Å². The van der Waals surface area contributed by atoms with Crippen LogP contribution in [0.15, 0.2) is 79.0 Å². The summed E-state index contributed by atoms with van der Waals surface area (Å²) in [6.45, 7) is 0.333. The summed E-state index contributed by atoms with van der Waals surface area (Å²) in [6.07, 6.45) is 6.69. The van der Waals surface area contributed by atoms with E-state index in [4.69, 9.17) is 5.10 Å². The van der Waals surface area contributed by atoms with Gasteiger partial charge in [0.05, 0.1) is 17.9 Å². The van der Waals surface area contributed by atoms with Crippen molar-refractivity contribution in [3.63, 3.8) is 0 Å². The molecule has 0 saturated heterocycles. The second kappa shape index (κ2) is 10.3. The molecule has 2 aromatic heterocycles. The Hall–Kier alpha value is -4.26. The molecule has 2 heterocycles. The van der Waals surface area contributed by atoms with Crippen LogP contribution in [0.2, 0.25) is 0 Å². The molecule has 35 heavy (non-hydrogen) atoms. The van der Waals surface area contributed by atoms with Gasteiger partial charge in [-0.25, -0.2) is 4.68 Å². The summed E-state index contributed by atoms with van der Waals surface area (Å²) in [5.74, 6) is -0.488. The van der Waals surface area contributed by atoms with Crippen LogP contribution in [-0.2, 0) is 19.4 Å². The summed E-state index contributed by atoms with van der Waals surface area (Å²) >= 11 is 0. The minimum Gasteiger partial charge on any atom is -0.346 e. The van der Waals surface area contributed by atoms with Gasteiger partial charge in [0.25, 0.3) is 11.8 Å². The lowest BCUT2D eigenvalue weighted by molar-refractivity contribution is 0.0949. The predicted octanol–water partition coefficient (Wildman–Crippen LogP) is 4.72. The van der Waals surface area contributed by atoms with E-state index < -0.39 is 0 Å². The summed E-state index contributed by atoms with van der Waals surface area (Å²) < 4.78 is 1.91. The molecule has 2 aromatic carbocycles. The molecule has 0 saturated carbocycles. The number of anilines is 1. The topological polar surface area (TPSA) is 88.9 Å². The number of aromatic nitrogens is 3. The SMILES string of the molecule is O=C(NCc1ccccn1)c1cccc(NC(=O)c2nn(-c3ccccc3)c3c2CCCCC3)c1. The Kier molecular flexibility index (Phi) is 6.66. The fourth-order valence-corrected chi connectivity index (χ4v) is 4.45. The van der Waals surface area contributed by atoms with Crippen LogP contribution in [0.3, 0.4) is 0 Å². The number of hydrogen-bond acceptors (Lipinski definition) is 4. The van der Waals surface area contributed by atoms with Crippen LogP contribution >= 0.6 is 0 Å². The fourth-order valence-electron chi connectivity index (χ4n) is 4.45. The van der Waals surface area contributed by atoms with E-state index in [1.165, 1.54) is 0 Å². The van der Waals surface area contributed by atoms with E-state index in [0.29, 0.717) is 23.5 Å². The molecular formula is C28H27N5O2. The number of fused-ring (bicyclic) bond motifs is 1. The summed E-state index contributed by atoms with van der Waals surface area (Å²) in [6, 6.07) is 22.4. The van der Waals surface area contributed by atoms with Crippen molar-refractivity contribution in [1.29, 1.82) is 0 Å². The number of pyridine rings is 1. The van der Waals surface area contributed by atoms with Gasteiger partial charge < -0.3 is 10.6 Å². The monoisotopic (exact) mass is 465 g/mol. The van der Waals surface area contributed by atoms with Gasteiger partial charge in [0.1, 0.15) is 0 Å². The van der Waals surface area contributed by atoms with Gasteiger partial charge >= 0.3 is 0 Å². The first kappa shape index (κ1) is 22.5. The summed E-state index contributed by atoms with van der Waals surface area (Å²) in [4.78, 5) is 30.2. The highest BCUT2D eigenvalue weighted by molar-refractivity contribution is 6.05. The highest BCUT2D eigenvalue weighted by Crippen LogP contribution is 2.27. The zero-order valence-corrected chi connectivity index (χ0v) is 19.4. The van der Waals surface area contributed by atoms with E-state index in [0.717, 1.165) is 54.7 Å². The Labute approximate surface area is 204 Å². The average molecular weight is 466 g/mol. The minimum absolute atomic E-state index is 0.228. The molecule has 0 spiro atoms. The second-order valence-corrected chi connectivity index (χ2v) is 8.62. The third-order valence-corrected chi connectivity index (χ3v) is 6.18. The van der Waals surface area contributed by atoms with Gasteiger partial charge in [-0.1, -0.05) is 36.8 Å². The van der Waals surface area contributed by atoms with Crippen molar-refractivity contribution in [3.05, 3.63) is 107 Å². The molecule has 2 amide bonds. The van der Waals surface area contributed by atoms with Crippen LogP contribution in [0.25, 0.3) is 5.69 Å². The number of nitrogens with one attached hydrogen (secondary N) is 2. The first-order valence-electron chi connectivity index (χ1n) is 11.9. The summed E-state index contributed by atoms with van der Waals surface area (Å²) in [5, 5.41) is 10.6. The number of para-hydroxylation sites is 1. The van der Waals surface area contributed by atoms with Crippen molar-refractivity contribution in [2.24, 2.45) is 0 Å². The number of hydrogen-bond donors (Lipinski definition) is 2. The van der Waals surface area contributed by atoms with E-state index >= 15 is 0 Å². The van der Waals surface area contributed by atoms with Crippen molar-refractivity contribution < 1.29 is 9.59 Å². The molecule has 7 nitrogen and oxygen atoms in total. The van der Waals surface area contributed by atoms with E-state index in [-0.39, 0.29) is 11.8 Å². The Morgan fingerprint density at radius 2 is 1.69 bits per heavy atom. The largest absolute Gasteiger partial charge is 0.346 e. The third-order valence-electron chi connectivity index (χ3n) is 6.18. The Morgan fingerprint density at radius 1 is 0.857 bits per heavy atom. The highest BCUT2D eigenvalue weighted by Gasteiger charge is 2.25. The van der Waals surface area contributed by atoms with Crippen LogP contribution in [0.5, 0.6) is 0 Å². The number of benzene rings is 2. The molecular weight excluding hydrogens is 438 g/mol. The quantitative estimate of drug-likeness (QED) is 0.403. The Morgan fingerprint density at radius 3 is 2.51 bits per heavy atom. The van der Waals surface area contributed by atoms with Gasteiger partial charge in [0, 0.05) is 28.7 Å². The lowest BCUT2D eigenvalue weighted by atomic mass is 10.1. The lowest BCUT2D eigenvalue weighted by Gasteiger charge is -2.08. The molecule has 4 aromatic rings. The number of rotatable bonds is 6. The molecule has 7 heteroatoms. The maximum atomic E-state index is 13.3. The van der Waals surface area contributed by atoms with Crippen molar-refractivity contribution in [2.75, 3.05) is 5.32 Å². The van der Waals surface area contributed by atoms with E-state index in [1.807, 2.05) is 53.2 Å². The Bertz CT molecular complexity index is 1330. The van der Waals surface area contributed by atoms with E-state index in [9.17, 15) is 9.59 Å². The number of nitrogens with zero attached hydrogens (tertiary/aromatic N) is 3. The van der Waals surface area contributed by atoms with Gasteiger partial charge in [-0.05, 0) is 68.1 Å². The first-order chi connectivity index (χ1) is 17.2. The van der Waals surface area contributed by atoms with Gasteiger partial charge in [-0.2, -0.15) is 5.10 Å². The van der Waals surface area contributed by atoms with Crippen LogP contribution in [0.4, 0.5) is 5.69 Å². The molecule has 0 bridgehead atoms.